The summed E-state index contributed by atoms with van der Waals surface area (Å²) < 4.78 is 0. The van der Waals surface area contributed by atoms with Crippen LogP contribution < -0.4 is 10.2 Å². The molecule has 1 aliphatic carbocycles. The van der Waals surface area contributed by atoms with E-state index in [-0.39, 0.29) is 5.91 Å². The number of nitrogens with zero attached hydrogens (tertiary/aromatic N) is 4. The predicted octanol–water partition coefficient (Wildman–Crippen LogP) is 5.65. The number of aryl methyl sites for hydroxylation is 2. The summed E-state index contributed by atoms with van der Waals surface area (Å²) in [6.07, 6.45) is 4.00. The van der Waals surface area contributed by atoms with Crippen LogP contribution in [0.2, 0.25) is 5.02 Å². The number of rotatable bonds is 5. The number of hydrogen-bond acceptors (Lipinski definition) is 5. The molecule has 1 amide bonds. The monoisotopic (exact) mass is 489 g/mol. The largest absolute Gasteiger partial charge is 0.353 e. The van der Waals surface area contributed by atoms with E-state index in [9.17, 15) is 4.79 Å². The minimum atomic E-state index is -0.413. The molecule has 182 valence electrons. The standard InChI is InChI=1S/C28H32ClN5O/c1-20-5-11-24(12-6-20)32-25-19-26(31-21(2)30-25)33-15-17-34(18-16-33)27(35)28(13-3-4-14-28)22-7-9-23(29)10-8-22/h5-12,19H,3-4,13-18H2,1-2H3,(H,30,31,32). The lowest BCUT2D eigenvalue weighted by Crippen LogP contribution is -2.54. The molecule has 0 radical (unpaired) electrons. The predicted molar refractivity (Wildman–Crippen MR) is 142 cm³/mol. The van der Waals surface area contributed by atoms with Gasteiger partial charge in [-0.05, 0) is 56.5 Å². The van der Waals surface area contributed by atoms with Crippen molar-refractivity contribution in [3.63, 3.8) is 0 Å². The molecule has 6 nitrogen and oxygen atoms in total. The lowest BCUT2D eigenvalue weighted by atomic mass is 9.77. The molecule has 1 saturated heterocycles. The maximum absolute atomic E-state index is 13.8. The van der Waals surface area contributed by atoms with Gasteiger partial charge in [0.2, 0.25) is 5.91 Å². The van der Waals surface area contributed by atoms with Crippen molar-refractivity contribution >= 4 is 34.8 Å². The number of carbonyl (C=O) groups excluding carboxylic acids is 1. The van der Waals surface area contributed by atoms with Crippen molar-refractivity contribution in [1.29, 1.82) is 0 Å². The van der Waals surface area contributed by atoms with Crippen LogP contribution in [-0.2, 0) is 10.2 Å². The van der Waals surface area contributed by atoms with Crippen LogP contribution in [0.3, 0.4) is 0 Å². The van der Waals surface area contributed by atoms with Crippen LogP contribution in [0.5, 0.6) is 0 Å². The second kappa shape index (κ2) is 9.86. The number of hydrogen-bond donors (Lipinski definition) is 1. The fourth-order valence-corrected chi connectivity index (χ4v) is 5.50. The van der Waals surface area contributed by atoms with E-state index >= 15 is 0 Å². The molecule has 35 heavy (non-hydrogen) atoms. The van der Waals surface area contributed by atoms with Crippen LogP contribution in [0.4, 0.5) is 17.3 Å². The zero-order valence-electron chi connectivity index (χ0n) is 20.4. The quantitative estimate of drug-likeness (QED) is 0.501. The third-order valence-corrected chi connectivity index (χ3v) is 7.55. The summed E-state index contributed by atoms with van der Waals surface area (Å²) in [5.41, 5.74) is 2.91. The Bertz CT molecular complexity index is 1180. The van der Waals surface area contributed by atoms with Crippen LogP contribution in [0.1, 0.15) is 42.6 Å². The second-order valence-electron chi connectivity index (χ2n) is 9.72. The van der Waals surface area contributed by atoms with Gasteiger partial charge in [-0.1, -0.05) is 54.3 Å². The zero-order valence-corrected chi connectivity index (χ0v) is 21.2. The summed E-state index contributed by atoms with van der Waals surface area (Å²) in [4.78, 5) is 27.4. The molecule has 1 aromatic heterocycles. The minimum Gasteiger partial charge on any atom is -0.353 e. The smallest absolute Gasteiger partial charge is 0.233 e. The Morgan fingerprint density at radius 3 is 2.23 bits per heavy atom. The van der Waals surface area contributed by atoms with E-state index in [1.807, 2.05) is 37.3 Å². The van der Waals surface area contributed by atoms with Gasteiger partial charge in [-0.25, -0.2) is 9.97 Å². The third kappa shape index (κ3) is 4.98. The molecule has 7 heteroatoms. The molecule has 0 atom stereocenters. The highest BCUT2D eigenvalue weighted by Gasteiger charge is 2.45. The summed E-state index contributed by atoms with van der Waals surface area (Å²) in [7, 11) is 0. The van der Waals surface area contributed by atoms with E-state index in [0.29, 0.717) is 18.1 Å². The summed E-state index contributed by atoms with van der Waals surface area (Å²) in [6.45, 7) is 6.88. The van der Waals surface area contributed by atoms with E-state index in [4.69, 9.17) is 11.6 Å². The molecule has 0 unspecified atom stereocenters. The lowest BCUT2D eigenvalue weighted by Gasteiger charge is -2.40. The zero-order chi connectivity index (χ0) is 24.4. The van der Waals surface area contributed by atoms with Crippen LogP contribution >= 0.6 is 11.6 Å². The number of aromatic nitrogens is 2. The number of nitrogens with one attached hydrogen (secondary N) is 1. The molecule has 0 bridgehead atoms. The Morgan fingerprint density at radius 1 is 0.914 bits per heavy atom. The van der Waals surface area contributed by atoms with Crippen LogP contribution in [-0.4, -0.2) is 47.0 Å². The van der Waals surface area contributed by atoms with Gasteiger partial charge >= 0.3 is 0 Å². The van der Waals surface area contributed by atoms with Gasteiger partial charge in [0.05, 0.1) is 5.41 Å². The minimum absolute atomic E-state index is 0.262. The Morgan fingerprint density at radius 2 is 1.57 bits per heavy atom. The van der Waals surface area contributed by atoms with Crippen molar-refractivity contribution in [2.45, 2.75) is 44.9 Å². The highest BCUT2D eigenvalue weighted by Crippen LogP contribution is 2.43. The van der Waals surface area contributed by atoms with Gasteiger partial charge in [0.15, 0.2) is 0 Å². The van der Waals surface area contributed by atoms with Crippen LogP contribution in [0.25, 0.3) is 0 Å². The van der Waals surface area contributed by atoms with Crippen molar-refractivity contribution < 1.29 is 4.79 Å². The maximum Gasteiger partial charge on any atom is 0.233 e. The Balaban J connectivity index is 1.28. The number of halogens is 1. The number of amides is 1. The molecule has 1 saturated carbocycles. The van der Waals surface area contributed by atoms with Gasteiger partial charge in [0.1, 0.15) is 17.5 Å². The maximum atomic E-state index is 13.8. The van der Waals surface area contributed by atoms with Crippen molar-refractivity contribution in [1.82, 2.24) is 14.9 Å². The summed E-state index contributed by atoms with van der Waals surface area (Å²) in [6, 6.07) is 18.1. The third-order valence-electron chi connectivity index (χ3n) is 7.30. The van der Waals surface area contributed by atoms with Crippen molar-refractivity contribution in [2.24, 2.45) is 0 Å². The molecule has 2 fully saturated rings. The molecule has 1 N–H and O–H groups in total. The molecule has 2 heterocycles. The highest BCUT2D eigenvalue weighted by molar-refractivity contribution is 6.30. The molecule has 2 aliphatic rings. The molecular formula is C28H32ClN5O. The Labute approximate surface area is 212 Å². The molecule has 3 aromatic rings. The Kier molecular flexibility index (Phi) is 6.65. The van der Waals surface area contributed by atoms with Crippen LogP contribution in [0.15, 0.2) is 54.6 Å². The first-order valence-corrected chi connectivity index (χ1v) is 12.8. The van der Waals surface area contributed by atoms with E-state index in [1.54, 1.807) is 0 Å². The van der Waals surface area contributed by atoms with Gasteiger partial charge < -0.3 is 15.1 Å². The van der Waals surface area contributed by atoms with Gasteiger partial charge in [-0.15, -0.1) is 0 Å². The van der Waals surface area contributed by atoms with E-state index < -0.39 is 5.41 Å². The lowest BCUT2D eigenvalue weighted by molar-refractivity contribution is -0.137. The summed E-state index contributed by atoms with van der Waals surface area (Å²) in [5, 5.41) is 4.10. The number of piperazine rings is 1. The number of anilines is 3. The SMILES string of the molecule is Cc1ccc(Nc2cc(N3CCN(C(=O)C4(c5ccc(Cl)cc5)CCCC4)CC3)nc(C)n2)cc1. The second-order valence-corrected chi connectivity index (χ2v) is 10.2. The number of carbonyl (C=O) groups is 1. The first kappa shape index (κ1) is 23.6. The summed E-state index contributed by atoms with van der Waals surface area (Å²) >= 11 is 6.12. The van der Waals surface area contributed by atoms with Crippen molar-refractivity contribution in [2.75, 3.05) is 36.4 Å². The van der Waals surface area contributed by atoms with E-state index in [0.717, 1.165) is 67.5 Å². The van der Waals surface area contributed by atoms with Crippen molar-refractivity contribution in [3.8, 4) is 0 Å². The van der Waals surface area contributed by atoms with Crippen molar-refractivity contribution in [3.05, 3.63) is 76.6 Å². The van der Waals surface area contributed by atoms with Gasteiger partial charge in [-0.3, -0.25) is 4.79 Å². The normalized spacial score (nSPS) is 17.5. The molecular weight excluding hydrogens is 458 g/mol. The van der Waals surface area contributed by atoms with E-state index in [2.05, 4.69) is 56.3 Å². The highest BCUT2D eigenvalue weighted by atomic mass is 35.5. The molecule has 2 aromatic carbocycles. The first-order chi connectivity index (χ1) is 16.9. The average molecular weight is 490 g/mol. The molecule has 1 aliphatic heterocycles. The Hall–Kier alpha value is -3.12. The molecule has 0 spiro atoms. The van der Waals surface area contributed by atoms with Gasteiger partial charge in [0, 0.05) is 43.0 Å². The fraction of sp³-hybridized carbons (Fsp3) is 0.393. The number of benzene rings is 2. The van der Waals surface area contributed by atoms with Crippen LogP contribution in [0, 0.1) is 13.8 Å². The van der Waals surface area contributed by atoms with Gasteiger partial charge in [0.25, 0.3) is 0 Å². The van der Waals surface area contributed by atoms with E-state index in [1.165, 1.54) is 5.56 Å². The summed E-state index contributed by atoms with van der Waals surface area (Å²) in [5.74, 6) is 2.66. The topological polar surface area (TPSA) is 61.4 Å². The average Bonchev–Trinajstić information content (AvgIpc) is 3.36. The fourth-order valence-electron chi connectivity index (χ4n) is 5.38. The van der Waals surface area contributed by atoms with Gasteiger partial charge in [-0.2, -0.15) is 0 Å². The molecule has 5 rings (SSSR count). The first-order valence-electron chi connectivity index (χ1n) is 12.4.